The fourth-order valence-electron chi connectivity index (χ4n) is 1.17. The summed E-state index contributed by atoms with van der Waals surface area (Å²) in [5.41, 5.74) is 0. The first-order chi connectivity index (χ1) is 7.43. The number of methoxy groups -OCH3 is 1. The van der Waals surface area contributed by atoms with Crippen LogP contribution in [-0.2, 0) is 16.0 Å². The maximum atomic E-state index is 5.32. The van der Waals surface area contributed by atoms with E-state index in [1.807, 2.05) is 12.1 Å². The monoisotopic (exact) mass is 213 g/mol. The van der Waals surface area contributed by atoms with Gasteiger partial charge in [0.2, 0.25) is 0 Å². The van der Waals surface area contributed by atoms with Crippen LogP contribution in [0.2, 0.25) is 0 Å². The Bertz CT molecular complexity index is 224. The molecule has 0 aliphatic heterocycles. The molecular formula is C11H19NO3. The van der Waals surface area contributed by atoms with E-state index < -0.39 is 0 Å². The van der Waals surface area contributed by atoms with Gasteiger partial charge in [-0.2, -0.15) is 0 Å². The molecule has 0 bridgehead atoms. The van der Waals surface area contributed by atoms with Crippen LogP contribution in [0.25, 0.3) is 0 Å². The predicted octanol–water partition coefficient (Wildman–Crippen LogP) is 1.42. The molecule has 1 N–H and O–H groups in total. The molecule has 4 nitrogen and oxygen atoms in total. The average molecular weight is 213 g/mol. The fraction of sp³-hybridized carbons (Fsp3) is 0.636. The molecular weight excluding hydrogens is 194 g/mol. The average Bonchev–Trinajstić information content (AvgIpc) is 2.75. The van der Waals surface area contributed by atoms with Gasteiger partial charge in [0.05, 0.1) is 26.0 Å². The Labute approximate surface area is 90.6 Å². The Morgan fingerprint density at radius 3 is 3.00 bits per heavy atom. The third kappa shape index (κ3) is 6.28. The highest BCUT2D eigenvalue weighted by molar-refractivity contribution is 4.97. The normalized spacial score (nSPS) is 10.7. The summed E-state index contributed by atoms with van der Waals surface area (Å²) in [7, 11) is 1.67. The minimum atomic E-state index is 0.666. The molecule has 0 radical (unpaired) electrons. The predicted molar refractivity (Wildman–Crippen MR) is 57.7 cm³/mol. The molecule has 0 saturated carbocycles. The van der Waals surface area contributed by atoms with Crippen molar-refractivity contribution in [1.82, 2.24) is 5.32 Å². The highest BCUT2D eigenvalue weighted by atomic mass is 16.5. The molecule has 0 aromatic carbocycles. The quantitative estimate of drug-likeness (QED) is 0.630. The molecule has 1 aromatic heterocycles. The summed E-state index contributed by atoms with van der Waals surface area (Å²) in [5, 5.41) is 3.27. The molecule has 1 aromatic rings. The number of hydrogen-bond acceptors (Lipinski definition) is 4. The second-order valence-corrected chi connectivity index (χ2v) is 3.21. The van der Waals surface area contributed by atoms with Crippen LogP contribution < -0.4 is 5.32 Å². The lowest BCUT2D eigenvalue weighted by molar-refractivity contribution is 0.0694. The molecule has 4 heteroatoms. The van der Waals surface area contributed by atoms with Crippen molar-refractivity contribution in [3.05, 3.63) is 24.2 Å². The van der Waals surface area contributed by atoms with Crippen LogP contribution in [0.4, 0.5) is 0 Å². The van der Waals surface area contributed by atoms with E-state index in [1.54, 1.807) is 13.4 Å². The highest BCUT2D eigenvalue weighted by Gasteiger charge is 1.94. The maximum absolute atomic E-state index is 5.32. The van der Waals surface area contributed by atoms with Crippen LogP contribution in [0.1, 0.15) is 12.2 Å². The van der Waals surface area contributed by atoms with Crippen LogP contribution in [-0.4, -0.2) is 33.5 Å². The molecule has 0 saturated heterocycles. The molecule has 0 spiro atoms. The van der Waals surface area contributed by atoms with E-state index >= 15 is 0 Å². The summed E-state index contributed by atoms with van der Waals surface area (Å²) in [5.74, 6) is 0.968. The van der Waals surface area contributed by atoms with Crippen molar-refractivity contribution in [3.8, 4) is 0 Å². The largest absolute Gasteiger partial charge is 0.468 e. The molecule has 0 atom stereocenters. The van der Waals surface area contributed by atoms with Gasteiger partial charge in [0, 0.05) is 13.7 Å². The zero-order chi connectivity index (χ0) is 10.8. The van der Waals surface area contributed by atoms with E-state index in [2.05, 4.69) is 5.32 Å². The Balaban J connectivity index is 1.81. The molecule has 0 unspecified atom stereocenters. The van der Waals surface area contributed by atoms with Crippen LogP contribution in [0, 0.1) is 0 Å². The number of furan rings is 1. The van der Waals surface area contributed by atoms with Gasteiger partial charge in [0.1, 0.15) is 5.76 Å². The standard InChI is InChI=1S/C11H19NO3/c1-13-8-9-14-6-3-5-12-10-11-4-2-7-15-11/h2,4,7,12H,3,5-6,8-10H2,1H3. The lowest BCUT2D eigenvalue weighted by Gasteiger charge is -2.04. The van der Waals surface area contributed by atoms with E-state index in [1.165, 1.54) is 0 Å². The Morgan fingerprint density at radius 2 is 2.27 bits per heavy atom. The van der Waals surface area contributed by atoms with Gasteiger partial charge >= 0.3 is 0 Å². The second-order valence-electron chi connectivity index (χ2n) is 3.21. The minimum Gasteiger partial charge on any atom is -0.468 e. The molecule has 0 amide bonds. The number of nitrogens with one attached hydrogen (secondary N) is 1. The number of ether oxygens (including phenoxy) is 2. The van der Waals surface area contributed by atoms with Crippen molar-refractivity contribution >= 4 is 0 Å². The lowest BCUT2D eigenvalue weighted by atomic mass is 10.4. The van der Waals surface area contributed by atoms with Crippen molar-refractivity contribution in [2.24, 2.45) is 0 Å². The first kappa shape index (κ1) is 12.2. The van der Waals surface area contributed by atoms with Gasteiger partial charge in [-0.25, -0.2) is 0 Å². The fourth-order valence-corrected chi connectivity index (χ4v) is 1.17. The summed E-state index contributed by atoms with van der Waals surface area (Å²) >= 11 is 0. The zero-order valence-corrected chi connectivity index (χ0v) is 9.20. The van der Waals surface area contributed by atoms with Crippen molar-refractivity contribution in [1.29, 1.82) is 0 Å². The van der Waals surface area contributed by atoms with Gasteiger partial charge in [0.15, 0.2) is 0 Å². The van der Waals surface area contributed by atoms with E-state index in [-0.39, 0.29) is 0 Å². The Kier molecular flexibility index (Phi) is 6.90. The van der Waals surface area contributed by atoms with Gasteiger partial charge in [-0.1, -0.05) is 0 Å². The Hall–Kier alpha value is -0.840. The first-order valence-electron chi connectivity index (χ1n) is 5.23. The molecule has 0 fully saturated rings. The zero-order valence-electron chi connectivity index (χ0n) is 9.20. The third-order valence-electron chi connectivity index (χ3n) is 1.95. The summed E-state index contributed by atoms with van der Waals surface area (Å²) in [6.45, 7) is 3.84. The summed E-state index contributed by atoms with van der Waals surface area (Å²) in [6.07, 6.45) is 2.69. The second kappa shape index (κ2) is 8.47. The minimum absolute atomic E-state index is 0.666. The summed E-state index contributed by atoms with van der Waals surface area (Å²) in [6, 6.07) is 3.85. The molecule has 0 aliphatic rings. The number of rotatable bonds is 9. The lowest BCUT2D eigenvalue weighted by Crippen LogP contribution is -2.16. The third-order valence-corrected chi connectivity index (χ3v) is 1.95. The Morgan fingerprint density at radius 1 is 1.33 bits per heavy atom. The van der Waals surface area contributed by atoms with E-state index in [9.17, 15) is 0 Å². The highest BCUT2D eigenvalue weighted by Crippen LogP contribution is 1.98. The van der Waals surface area contributed by atoms with E-state index in [0.29, 0.717) is 13.2 Å². The SMILES string of the molecule is COCCOCCCNCc1ccco1. The van der Waals surface area contributed by atoms with Crippen molar-refractivity contribution in [2.45, 2.75) is 13.0 Å². The van der Waals surface area contributed by atoms with E-state index in [0.717, 1.165) is 31.9 Å². The van der Waals surface area contributed by atoms with Crippen LogP contribution in [0.15, 0.2) is 22.8 Å². The smallest absolute Gasteiger partial charge is 0.117 e. The van der Waals surface area contributed by atoms with Crippen molar-refractivity contribution in [3.63, 3.8) is 0 Å². The van der Waals surface area contributed by atoms with Gasteiger partial charge < -0.3 is 19.2 Å². The molecule has 1 rings (SSSR count). The summed E-state index contributed by atoms with van der Waals surface area (Å²) in [4.78, 5) is 0. The molecule has 86 valence electrons. The maximum Gasteiger partial charge on any atom is 0.117 e. The number of hydrogen-bond donors (Lipinski definition) is 1. The van der Waals surface area contributed by atoms with Crippen molar-refractivity contribution in [2.75, 3.05) is 33.5 Å². The van der Waals surface area contributed by atoms with Gasteiger partial charge in [-0.3, -0.25) is 0 Å². The first-order valence-corrected chi connectivity index (χ1v) is 5.23. The van der Waals surface area contributed by atoms with Crippen molar-refractivity contribution < 1.29 is 13.9 Å². The van der Waals surface area contributed by atoms with Gasteiger partial charge in [0.25, 0.3) is 0 Å². The van der Waals surface area contributed by atoms with E-state index in [4.69, 9.17) is 13.9 Å². The molecule has 1 heterocycles. The molecule has 15 heavy (non-hydrogen) atoms. The summed E-state index contributed by atoms with van der Waals surface area (Å²) < 4.78 is 15.4. The van der Waals surface area contributed by atoms with Gasteiger partial charge in [-0.05, 0) is 25.1 Å². The van der Waals surface area contributed by atoms with Gasteiger partial charge in [-0.15, -0.1) is 0 Å². The van der Waals surface area contributed by atoms with Crippen LogP contribution >= 0.6 is 0 Å². The van der Waals surface area contributed by atoms with Crippen LogP contribution in [0.3, 0.4) is 0 Å². The van der Waals surface area contributed by atoms with Crippen LogP contribution in [0.5, 0.6) is 0 Å². The topological polar surface area (TPSA) is 43.6 Å². The molecule has 0 aliphatic carbocycles.